The summed E-state index contributed by atoms with van der Waals surface area (Å²) >= 11 is 6.83. The Kier molecular flexibility index (Phi) is 12.8. The molecule has 2 aliphatic rings. The molecule has 45 heavy (non-hydrogen) atoms. The molecule has 0 amide bonds. The maximum atomic E-state index is 12.9. The van der Waals surface area contributed by atoms with Crippen molar-refractivity contribution in [3.8, 4) is 5.75 Å². The summed E-state index contributed by atoms with van der Waals surface area (Å²) in [7, 11) is -5.32. The molecule has 0 saturated carbocycles. The number of carboxylic acid groups (broad SMARTS) is 1. The SMILES string of the molecule is CC(C)[Si](O[C@H]1[C@H](Oc2ccccc2C2(Cl)CCOO2)O[C@H](C(=O)O)[C@@H](O[Si](C(C)C)(C(C)C)C(C)C)[C@@H]1O)(C(C)C)C(C)C. The molecule has 0 aromatic heterocycles. The zero-order valence-corrected chi connectivity index (χ0v) is 32.0. The van der Waals surface area contributed by atoms with Gasteiger partial charge in [-0.25, -0.2) is 14.6 Å². The molecule has 0 radical (unpaired) electrons. The maximum Gasteiger partial charge on any atom is 0.335 e. The van der Waals surface area contributed by atoms with Gasteiger partial charge in [-0.1, -0.05) is 113 Å². The molecule has 1 unspecified atom stereocenters. The van der Waals surface area contributed by atoms with Gasteiger partial charge in [-0.15, -0.1) is 0 Å². The normalized spacial score (nSPS) is 28.3. The van der Waals surface area contributed by atoms with Gasteiger partial charge in [0.25, 0.3) is 0 Å². The Morgan fingerprint density at radius 3 is 1.73 bits per heavy atom. The molecular weight excluding hydrogens is 632 g/mol. The number of hydrogen-bond donors (Lipinski definition) is 2. The second-order valence-corrected chi connectivity index (χ2v) is 26.0. The summed E-state index contributed by atoms with van der Waals surface area (Å²) < 4.78 is 27.1. The van der Waals surface area contributed by atoms with E-state index in [1.54, 1.807) is 18.2 Å². The topological polar surface area (TPSA) is 113 Å². The summed E-state index contributed by atoms with van der Waals surface area (Å²) in [6, 6.07) is 7.09. The van der Waals surface area contributed by atoms with Crippen LogP contribution in [0.4, 0.5) is 0 Å². The maximum absolute atomic E-state index is 12.9. The predicted molar refractivity (Wildman–Crippen MR) is 180 cm³/mol. The third kappa shape index (κ3) is 7.37. The van der Waals surface area contributed by atoms with Crippen molar-refractivity contribution in [3.05, 3.63) is 29.8 Å². The Labute approximate surface area is 277 Å². The van der Waals surface area contributed by atoms with Gasteiger partial charge in [-0.05, 0) is 39.3 Å². The van der Waals surface area contributed by atoms with E-state index < -0.39 is 58.4 Å². The average molecular weight is 689 g/mol. The van der Waals surface area contributed by atoms with Gasteiger partial charge in [0.1, 0.15) is 24.1 Å². The highest BCUT2D eigenvalue weighted by molar-refractivity contribution is 6.78. The van der Waals surface area contributed by atoms with Crippen molar-refractivity contribution in [2.45, 2.75) is 159 Å². The molecule has 2 aliphatic heterocycles. The van der Waals surface area contributed by atoms with E-state index in [1.165, 1.54) is 0 Å². The van der Waals surface area contributed by atoms with Gasteiger partial charge in [-0.3, -0.25) is 0 Å². The third-order valence-electron chi connectivity index (χ3n) is 10.1. The molecule has 0 bridgehead atoms. The number of hydrogen-bond acceptors (Lipinski definition) is 8. The molecule has 12 heteroatoms. The van der Waals surface area contributed by atoms with Gasteiger partial charge in [0.05, 0.1) is 6.61 Å². The van der Waals surface area contributed by atoms with E-state index in [1.807, 2.05) is 6.07 Å². The average Bonchev–Trinajstić information content (AvgIpc) is 3.38. The predicted octanol–water partition coefficient (Wildman–Crippen LogP) is 8.10. The first-order chi connectivity index (χ1) is 20.9. The molecule has 0 aliphatic carbocycles. The minimum absolute atomic E-state index is 0.156. The van der Waals surface area contributed by atoms with E-state index in [4.69, 9.17) is 39.7 Å². The number of carboxylic acids is 1. The summed E-state index contributed by atoms with van der Waals surface area (Å²) in [4.78, 5) is 23.5. The number of halogens is 1. The second-order valence-electron chi connectivity index (χ2n) is 14.6. The number of carbonyl (C=O) groups is 1. The lowest BCUT2D eigenvalue weighted by Gasteiger charge is -2.52. The van der Waals surface area contributed by atoms with Crippen LogP contribution in [0.2, 0.25) is 33.2 Å². The zero-order valence-electron chi connectivity index (χ0n) is 29.2. The number of rotatable bonds is 14. The molecular formula is C33H57ClO9Si2. The lowest BCUT2D eigenvalue weighted by atomic mass is 9.99. The fourth-order valence-corrected chi connectivity index (χ4v) is 19.6. The second kappa shape index (κ2) is 15.0. The van der Waals surface area contributed by atoms with Crippen molar-refractivity contribution in [1.29, 1.82) is 0 Å². The molecule has 1 aromatic carbocycles. The van der Waals surface area contributed by atoms with Crippen molar-refractivity contribution in [2.75, 3.05) is 6.61 Å². The largest absolute Gasteiger partial charge is 0.479 e. The number of aliphatic carboxylic acids is 1. The molecule has 1 aromatic rings. The molecule has 2 N–H and O–H groups in total. The van der Waals surface area contributed by atoms with Gasteiger partial charge in [0, 0.05) is 12.0 Å². The van der Waals surface area contributed by atoms with E-state index in [0.717, 1.165) is 0 Å². The van der Waals surface area contributed by atoms with Crippen LogP contribution in [0.3, 0.4) is 0 Å². The zero-order chi connectivity index (χ0) is 34.1. The highest BCUT2D eigenvalue weighted by Gasteiger charge is 2.59. The highest BCUT2D eigenvalue weighted by atomic mass is 35.5. The van der Waals surface area contributed by atoms with Crippen molar-refractivity contribution in [3.63, 3.8) is 0 Å². The summed E-state index contributed by atoms with van der Waals surface area (Å²) in [6.07, 6.45) is -5.94. The molecule has 3 rings (SSSR count). The lowest BCUT2D eigenvalue weighted by molar-refractivity contribution is -0.291. The molecule has 2 fully saturated rings. The van der Waals surface area contributed by atoms with Crippen LogP contribution in [0.1, 0.15) is 95.1 Å². The molecule has 6 atom stereocenters. The first kappa shape index (κ1) is 38.4. The van der Waals surface area contributed by atoms with Gasteiger partial charge >= 0.3 is 5.97 Å². The Hall–Kier alpha value is -1.03. The minimum Gasteiger partial charge on any atom is -0.479 e. The Morgan fingerprint density at radius 1 is 0.844 bits per heavy atom. The fraction of sp³-hybridized carbons (Fsp3) is 0.788. The van der Waals surface area contributed by atoms with Crippen LogP contribution >= 0.6 is 11.6 Å². The summed E-state index contributed by atoms with van der Waals surface area (Å²) in [6.45, 7) is 26.0. The van der Waals surface area contributed by atoms with Crippen molar-refractivity contribution < 1.29 is 43.1 Å². The fourth-order valence-electron chi connectivity index (χ4n) is 8.20. The molecule has 2 heterocycles. The Bertz CT molecular complexity index is 1080. The van der Waals surface area contributed by atoms with Crippen LogP contribution in [-0.2, 0) is 33.2 Å². The third-order valence-corrected chi connectivity index (χ3v) is 22.7. The number of aliphatic hydroxyl groups excluding tert-OH is 1. The Morgan fingerprint density at radius 2 is 1.31 bits per heavy atom. The van der Waals surface area contributed by atoms with Crippen LogP contribution in [0, 0.1) is 0 Å². The smallest absolute Gasteiger partial charge is 0.335 e. The summed E-state index contributed by atoms with van der Waals surface area (Å²) in [5, 5.41) is 21.6. The lowest BCUT2D eigenvalue weighted by Crippen LogP contribution is -2.68. The standard InChI is InChI=1S/C33H57ClO9Si2/c1-19(2)44(20(3)4,21(5)6)41-28-27(35)29(42-45(22(7)8,23(9)10)24(11)12)32(40-30(28)31(36)37)39-26-16-14-13-15-25(26)33(34)17-18-38-43-33/h13-16,19-24,27-30,32,35H,17-18H2,1-12H3,(H,36,37)/t27-,28-,29+,30-,32+,33?/m0/s1. The summed E-state index contributed by atoms with van der Waals surface area (Å²) in [5.41, 5.74) is 1.52. The van der Waals surface area contributed by atoms with Gasteiger partial charge in [0.15, 0.2) is 6.10 Å². The number of alkyl halides is 1. The molecule has 0 spiro atoms. The van der Waals surface area contributed by atoms with E-state index in [-0.39, 0.29) is 33.2 Å². The highest BCUT2D eigenvalue weighted by Crippen LogP contribution is 2.49. The molecule has 9 nitrogen and oxygen atoms in total. The van der Waals surface area contributed by atoms with Gasteiger partial charge in [-0.2, -0.15) is 0 Å². The van der Waals surface area contributed by atoms with Gasteiger partial charge in [0.2, 0.25) is 28.0 Å². The van der Waals surface area contributed by atoms with Crippen molar-refractivity contribution in [2.24, 2.45) is 0 Å². The monoisotopic (exact) mass is 688 g/mol. The van der Waals surface area contributed by atoms with Gasteiger partial charge < -0.3 is 28.5 Å². The quantitative estimate of drug-likeness (QED) is 0.114. The van der Waals surface area contributed by atoms with E-state index in [0.29, 0.717) is 24.3 Å². The van der Waals surface area contributed by atoms with Crippen LogP contribution < -0.4 is 4.74 Å². The first-order valence-corrected chi connectivity index (χ1v) is 21.2. The number of para-hydroxylation sites is 1. The first-order valence-electron chi connectivity index (χ1n) is 16.5. The van der Waals surface area contributed by atoms with Crippen LogP contribution in [0.5, 0.6) is 5.75 Å². The van der Waals surface area contributed by atoms with Crippen LogP contribution in [0.15, 0.2) is 24.3 Å². The van der Waals surface area contributed by atoms with E-state index in [2.05, 4.69) is 83.1 Å². The van der Waals surface area contributed by atoms with Crippen LogP contribution in [0.25, 0.3) is 0 Å². The van der Waals surface area contributed by atoms with Crippen molar-refractivity contribution >= 4 is 34.2 Å². The minimum atomic E-state index is -2.67. The number of aliphatic hydroxyl groups is 1. The van der Waals surface area contributed by atoms with Crippen molar-refractivity contribution in [1.82, 2.24) is 0 Å². The number of ether oxygens (including phenoxy) is 2. The Balaban J connectivity index is 2.19. The number of benzene rings is 1. The van der Waals surface area contributed by atoms with E-state index in [9.17, 15) is 15.0 Å². The molecule has 2 saturated heterocycles. The molecule has 258 valence electrons. The summed E-state index contributed by atoms with van der Waals surface area (Å²) in [5.74, 6) is -0.909. The van der Waals surface area contributed by atoms with Crippen LogP contribution in [-0.4, -0.2) is 70.1 Å². The van der Waals surface area contributed by atoms with E-state index >= 15 is 0 Å².